The number of hydrogen-bond donors (Lipinski definition) is 2. The fourth-order valence-electron chi connectivity index (χ4n) is 6.62. The molecule has 7 unspecified atom stereocenters. The van der Waals surface area contributed by atoms with Crippen LogP contribution in [0.15, 0.2) is 34.3 Å². The summed E-state index contributed by atoms with van der Waals surface area (Å²) in [7, 11) is 0. The maximum atomic E-state index is 13.3. The first-order valence-corrected chi connectivity index (χ1v) is 12.5. The van der Waals surface area contributed by atoms with Crippen LogP contribution in [0.3, 0.4) is 0 Å². The summed E-state index contributed by atoms with van der Waals surface area (Å²) in [5.74, 6) is -1.58. The van der Waals surface area contributed by atoms with Gasteiger partial charge in [0.1, 0.15) is 0 Å². The normalized spacial score (nSPS) is 34.5. The van der Waals surface area contributed by atoms with Crippen LogP contribution in [0.2, 0.25) is 0 Å². The molecule has 10 heteroatoms. The molecule has 32 heavy (non-hydrogen) atoms. The molecule has 2 N–H and O–H groups in total. The van der Waals surface area contributed by atoms with Crippen LogP contribution in [0.4, 0.5) is 0 Å². The lowest BCUT2D eigenvalue weighted by Gasteiger charge is -2.42. The number of amides is 2. The van der Waals surface area contributed by atoms with Crippen molar-refractivity contribution in [3.05, 3.63) is 44.6 Å². The number of aromatic nitrogens is 2. The maximum absolute atomic E-state index is 13.3. The number of thiazole rings is 1. The summed E-state index contributed by atoms with van der Waals surface area (Å²) in [6.45, 7) is 0.172. The molecule has 0 spiro atoms. The van der Waals surface area contributed by atoms with Gasteiger partial charge >= 0.3 is 10.8 Å². The average Bonchev–Trinajstić information content (AvgIpc) is 3.49. The maximum Gasteiger partial charge on any atom is 0.305 e. The van der Waals surface area contributed by atoms with E-state index in [2.05, 4.69) is 9.97 Å². The van der Waals surface area contributed by atoms with Gasteiger partial charge in [-0.2, -0.15) is 0 Å². The summed E-state index contributed by atoms with van der Waals surface area (Å²) in [5, 5.41) is 9.95. The molecule has 2 amide bonds. The van der Waals surface area contributed by atoms with Gasteiger partial charge in [-0.3, -0.25) is 29.1 Å². The highest BCUT2D eigenvalue weighted by atomic mass is 32.2. The standard InChI is InChI=1S/C22H21N3O5S2/c26-12(27)4-2-6-25-20(28)15-10-7-11(16(15)21(25)29)17-14(10)13(9-3-1-5-23-8-9)18-19(31-17)24-22(30)32-18/h1,3,5,8,10-11,13-17H,2,4,6-7H2,(H,24,30)(H,26,27). The zero-order valence-electron chi connectivity index (χ0n) is 17.0. The van der Waals surface area contributed by atoms with E-state index in [1.165, 1.54) is 16.2 Å². The zero-order valence-corrected chi connectivity index (χ0v) is 18.6. The first-order chi connectivity index (χ1) is 15.5. The van der Waals surface area contributed by atoms with Gasteiger partial charge in [0.25, 0.3) is 0 Å². The van der Waals surface area contributed by atoms with Gasteiger partial charge in [0.05, 0.1) is 16.9 Å². The van der Waals surface area contributed by atoms with E-state index in [1.807, 2.05) is 18.3 Å². The summed E-state index contributed by atoms with van der Waals surface area (Å²) in [5.41, 5.74) is 1.04. The zero-order chi connectivity index (χ0) is 22.1. The van der Waals surface area contributed by atoms with Crippen molar-refractivity contribution < 1.29 is 19.5 Å². The van der Waals surface area contributed by atoms with Crippen molar-refractivity contribution in [1.82, 2.24) is 14.9 Å². The largest absolute Gasteiger partial charge is 0.481 e. The number of carbonyl (C=O) groups excluding carboxylic acids is 2. The number of carbonyl (C=O) groups is 3. The van der Waals surface area contributed by atoms with Gasteiger partial charge in [-0.25, -0.2) is 0 Å². The van der Waals surface area contributed by atoms with Crippen LogP contribution in [0.1, 0.15) is 35.6 Å². The molecule has 3 fully saturated rings. The number of likely N-dealkylation sites (tertiary alicyclic amines) is 1. The quantitative estimate of drug-likeness (QED) is 0.641. The van der Waals surface area contributed by atoms with E-state index in [0.29, 0.717) is 0 Å². The van der Waals surface area contributed by atoms with E-state index < -0.39 is 5.97 Å². The van der Waals surface area contributed by atoms with Gasteiger partial charge < -0.3 is 10.1 Å². The minimum Gasteiger partial charge on any atom is -0.481 e. The predicted octanol–water partition coefficient (Wildman–Crippen LogP) is 2.17. The fourth-order valence-corrected chi connectivity index (χ4v) is 9.51. The van der Waals surface area contributed by atoms with Crippen molar-refractivity contribution in [2.24, 2.45) is 29.6 Å². The predicted molar refractivity (Wildman–Crippen MR) is 116 cm³/mol. The van der Waals surface area contributed by atoms with Crippen molar-refractivity contribution in [2.75, 3.05) is 6.54 Å². The topological polar surface area (TPSA) is 120 Å². The van der Waals surface area contributed by atoms with Gasteiger partial charge in [-0.15, -0.1) is 11.8 Å². The molecule has 2 aliphatic heterocycles. The Balaban J connectivity index is 1.37. The van der Waals surface area contributed by atoms with Gasteiger partial charge in [0.15, 0.2) is 0 Å². The lowest BCUT2D eigenvalue weighted by Crippen LogP contribution is -2.42. The van der Waals surface area contributed by atoms with Crippen LogP contribution in [0.25, 0.3) is 0 Å². The van der Waals surface area contributed by atoms with Crippen molar-refractivity contribution in [3.8, 4) is 0 Å². The Labute approximate surface area is 191 Å². The van der Waals surface area contributed by atoms with Crippen molar-refractivity contribution in [2.45, 2.75) is 35.5 Å². The molecule has 2 bridgehead atoms. The van der Waals surface area contributed by atoms with Gasteiger partial charge in [0.2, 0.25) is 11.8 Å². The van der Waals surface area contributed by atoms with Crippen LogP contribution >= 0.6 is 23.1 Å². The fraction of sp³-hybridized carbons (Fsp3) is 0.500. The summed E-state index contributed by atoms with van der Waals surface area (Å²) in [6, 6.07) is 3.92. The number of thioether (sulfide) groups is 1. The van der Waals surface area contributed by atoms with Crippen LogP contribution in [-0.2, 0) is 14.4 Å². The van der Waals surface area contributed by atoms with E-state index in [1.54, 1.807) is 18.0 Å². The SMILES string of the molecule is O=C(O)CCCN1C(=O)C2C3CC(C2C1=O)C1C(c2cccnc2)c2sc(=O)[nH]c2SC31. The smallest absolute Gasteiger partial charge is 0.305 e. The Bertz CT molecular complexity index is 1180. The van der Waals surface area contributed by atoms with E-state index in [-0.39, 0.29) is 76.8 Å². The number of nitrogens with one attached hydrogen (secondary N) is 1. The van der Waals surface area contributed by atoms with Crippen LogP contribution in [-0.4, -0.2) is 49.6 Å². The molecule has 2 saturated carbocycles. The Hall–Kier alpha value is -2.46. The molecular weight excluding hydrogens is 450 g/mol. The summed E-state index contributed by atoms with van der Waals surface area (Å²) < 4.78 is 0. The molecule has 166 valence electrons. The molecule has 7 atom stereocenters. The Morgan fingerprint density at radius 3 is 2.72 bits per heavy atom. The third kappa shape index (κ3) is 2.78. The number of fused-ring (bicyclic) bond motifs is 9. The third-order valence-corrected chi connectivity index (χ3v) is 10.2. The number of nitrogens with zero attached hydrogens (tertiary/aromatic N) is 2. The minimum atomic E-state index is -0.925. The molecule has 2 aromatic heterocycles. The molecule has 6 rings (SSSR count). The number of rotatable bonds is 5. The van der Waals surface area contributed by atoms with Crippen LogP contribution < -0.4 is 4.87 Å². The molecule has 1 saturated heterocycles. The molecule has 2 aromatic rings. The van der Waals surface area contributed by atoms with E-state index in [4.69, 9.17) is 5.11 Å². The molecule has 2 aliphatic carbocycles. The molecular formula is C22H21N3O5S2. The first-order valence-electron chi connectivity index (χ1n) is 10.8. The number of imide groups is 1. The lowest BCUT2D eigenvalue weighted by atomic mass is 9.68. The number of carboxylic acid groups (broad SMARTS) is 1. The van der Waals surface area contributed by atoms with Gasteiger partial charge in [0, 0.05) is 41.4 Å². The van der Waals surface area contributed by atoms with Crippen molar-refractivity contribution in [3.63, 3.8) is 0 Å². The third-order valence-electron chi connectivity index (χ3n) is 7.63. The number of carboxylic acids is 1. The number of aromatic amines is 1. The first kappa shape index (κ1) is 20.2. The van der Waals surface area contributed by atoms with Crippen molar-refractivity contribution in [1.29, 1.82) is 0 Å². The van der Waals surface area contributed by atoms with Crippen LogP contribution in [0.5, 0.6) is 0 Å². The number of hydrogen-bond acceptors (Lipinski definition) is 7. The Morgan fingerprint density at radius 2 is 2.00 bits per heavy atom. The summed E-state index contributed by atoms with van der Waals surface area (Å²) >= 11 is 2.89. The monoisotopic (exact) mass is 471 g/mol. The molecule has 0 aromatic carbocycles. The molecule has 0 radical (unpaired) electrons. The summed E-state index contributed by atoms with van der Waals surface area (Å²) in [4.78, 5) is 59.1. The van der Waals surface area contributed by atoms with Crippen LogP contribution in [0, 0.1) is 29.6 Å². The molecule has 8 nitrogen and oxygen atoms in total. The summed E-state index contributed by atoms with van der Waals surface area (Å²) in [6.07, 6.45) is 4.63. The molecule has 4 heterocycles. The highest BCUT2D eigenvalue weighted by Gasteiger charge is 2.69. The van der Waals surface area contributed by atoms with E-state index in [9.17, 15) is 19.2 Å². The number of pyridine rings is 1. The van der Waals surface area contributed by atoms with E-state index in [0.717, 1.165) is 21.9 Å². The van der Waals surface area contributed by atoms with Gasteiger partial charge in [-0.1, -0.05) is 17.4 Å². The Morgan fingerprint density at radius 1 is 1.22 bits per heavy atom. The van der Waals surface area contributed by atoms with E-state index >= 15 is 0 Å². The van der Waals surface area contributed by atoms with Gasteiger partial charge in [-0.05, 0) is 42.2 Å². The number of H-pyrrole nitrogens is 1. The second-order valence-corrected chi connectivity index (χ2v) is 11.3. The number of aliphatic carboxylic acids is 1. The lowest BCUT2D eigenvalue weighted by molar-refractivity contribution is -0.142. The molecule has 4 aliphatic rings. The second-order valence-electron chi connectivity index (χ2n) is 9.07. The minimum absolute atomic E-state index is 0.0196. The Kier molecular flexibility index (Phi) is 4.59. The highest BCUT2D eigenvalue weighted by Crippen LogP contribution is 2.68. The average molecular weight is 472 g/mol. The van der Waals surface area contributed by atoms with Crippen molar-refractivity contribution >= 4 is 40.9 Å². The highest BCUT2D eigenvalue weighted by molar-refractivity contribution is 8.00. The second kappa shape index (κ2) is 7.28.